The third-order valence-electron chi connectivity index (χ3n) is 4.12. The average molecular weight is 246 g/mol. The maximum atomic E-state index is 3.75. The van der Waals surface area contributed by atoms with Gasteiger partial charge in [-0.2, -0.15) is 0 Å². The van der Waals surface area contributed by atoms with Gasteiger partial charge in [0.05, 0.1) is 0 Å². The van der Waals surface area contributed by atoms with Crippen molar-refractivity contribution in [2.75, 3.05) is 19.6 Å². The Bertz CT molecular complexity index is 336. The maximum absolute atomic E-state index is 3.75. The van der Waals surface area contributed by atoms with E-state index in [1.54, 1.807) is 0 Å². The van der Waals surface area contributed by atoms with E-state index in [2.05, 4.69) is 54.4 Å². The van der Waals surface area contributed by atoms with Crippen molar-refractivity contribution < 1.29 is 0 Å². The van der Waals surface area contributed by atoms with Gasteiger partial charge in [0.1, 0.15) is 0 Å². The molecule has 1 N–H and O–H groups in total. The molecule has 0 radical (unpaired) electrons. The second-order valence-corrected chi connectivity index (χ2v) is 5.20. The van der Waals surface area contributed by atoms with Crippen LogP contribution in [-0.2, 0) is 0 Å². The molecule has 1 aliphatic heterocycles. The van der Waals surface area contributed by atoms with E-state index < -0.39 is 0 Å². The molecule has 0 amide bonds. The van der Waals surface area contributed by atoms with Crippen molar-refractivity contribution in [1.29, 1.82) is 0 Å². The number of hydrogen-bond acceptors (Lipinski definition) is 2. The summed E-state index contributed by atoms with van der Waals surface area (Å²) in [5.74, 6) is 0. The number of nitrogens with zero attached hydrogens (tertiary/aromatic N) is 1. The summed E-state index contributed by atoms with van der Waals surface area (Å²) >= 11 is 0. The van der Waals surface area contributed by atoms with Crippen molar-refractivity contribution in [3.63, 3.8) is 0 Å². The van der Waals surface area contributed by atoms with Crippen molar-refractivity contribution in [1.82, 2.24) is 10.2 Å². The Balaban J connectivity index is 1.88. The minimum absolute atomic E-state index is 0.505. The minimum Gasteiger partial charge on any atom is -0.308 e. The van der Waals surface area contributed by atoms with Gasteiger partial charge in [-0.05, 0) is 37.9 Å². The fourth-order valence-corrected chi connectivity index (χ4v) is 3.00. The standard InChI is InChI=1S/C16H26N2/c1-3-16(14-9-6-5-7-10-14)17-13-15-11-8-12-18(15)4-2/h5-7,9-10,15-17H,3-4,8,11-13H2,1-2H3. The van der Waals surface area contributed by atoms with Crippen LogP contribution in [0.15, 0.2) is 30.3 Å². The number of nitrogens with one attached hydrogen (secondary N) is 1. The molecular formula is C16H26N2. The third kappa shape index (κ3) is 3.33. The summed E-state index contributed by atoms with van der Waals surface area (Å²) in [5, 5.41) is 3.75. The number of benzene rings is 1. The summed E-state index contributed by atoms with van der Waals surface area (Å²) < 4.78 is 0. The predicted octanol–water partition coefficient (Wildman–Crippen LogP) is 3.21. The van der Waals surface area contributed by atoms with E-state index in [1.165, 1.54) is 31.5 Å². The van der Waals surface area contributed by atoms with E-state index in [9.17, 15) is 0 Å². The molecule has 1 heterocycles. The van der Waals surface area contributed by atoms with Crippen molar-refractivity contribution in [3.05, 3.63) is 35.9 Å². The summed E-state index contributed by atoms with van der Waals surface area (Å²) in [5.41, 5.74) is 1.42. The van der Waals surface area contributed by atoms with Crippen LogP contribution in [0.25, 0.3) is 0 Å². The molecule has 1 saturated heterocycles. The Morgan fingerprint density at radius 1 is 1.28 bits per heavy atom. The summed E-state index contributed by atoms with van der Waals surface area (Å²) in [6.45, 7) is 8.13. The summed E-state index contributed by atoms with van der Waals surface area (Å²) in [6, 6.07) is 12.1. The second kappa shape index (κ2) is 6.91. The first-order valence-corrected chi connectivity index (χ1v) is 7.37. The summed E-state index contributed by atoms with van der Waals surface area (Å²) in [4.78, 5) is 2.60. The second-order valence-electron chi connectivity index (χ2n) is 5.20. The number of rotatable bonds is 6. The van der Waals surface area contributed by atoms with Gasteiger partial charge in [-0.15, -0.1) is 0 Å². The highest BCUT2D eigenvalue weighted by molar-refractivity contribution is 5.18. The highest BCUT2D eigenvalue weighted by atomic mass is 15.2. The van der Waals surface area contributed by atoms with E-state index in [0.717, 1.165) is 19.0 Å². The molecule has 1 aromatic rings. The van der Waals surface area contributed by atoms with Crippen LogP contribution in [0.2, 0.25) is 0 Å². The Kier molecular flexibility index (Phi) is 5.21. The van der Waals surface area contributed by atoms with Crippen LogP contribution in [-0.4, -0.2) is 30.6 Å². The van der Waals surface area contributed by atoms with Gasteiger partial charge in [-0.25, -0.2) is 0 Å². The molecule has 0 bridgehead atoms. The molecule has 2 rings (SSSR count). The normalized spacial score (nSPS) is 22.2. The highest BCUT2D eigenvalue weighted by Gasteiger charge is 2.23. The number of hydrogen-bond donors (Lipinski definition) is 1. The molecule has 18 heavy (non-hydrogen) atoms. The molecule has 0 aromatic heterocycles. The van der Waals surface area contributed by atoms with Crippen LogP contribution in [0.1, 0.15) is 44.7 Å². The van der Waals surface area contributed by atoms with Crippen molar-refractivity contribution in [2.24, 2.45) is 0 Å². The van der Waals surface area contributed by atoms with Gasteiger partial charge in [-0.3, -0.25) is 4.90 Å². The molecule has 1 aromatic carbocycles. The smallest absolute Gasteiger partial charge is 0.0318 e. The Hall–Kier alpha value is -0.860. The quantitative estimate of drug-likeness (QED) is 0.829. The van der Waals surface area contributed by atoms with Gasteiger partial charge < -0.3 is 5.32 Å². The molecule has 2 unspecified atom stereocenters. The average Bonchev–Trinajstić information content (AvgIpc) is 2.88. The van der Waals surface area contributed by atoms with E-state index in [-0.39, 0.29) is 0 Å². The van der Waals surface area contributed by atoms with E-state index >= 15 is 0 Å². The van der Waals surface area contributed by atoms with Gasteiger partial charge in [-0.1, -0.05) is 44.2 Å². The van der Waals surface area contributed by atoms with Crippen LogP contribution in [0, 0.1) is 0 Å². The van der Waals surface area contributed by atoms with Crippen LogP contribution >= 0.6 is 0 Å². The van der Waals surface area contributed by atoms with Gasteiger partial charge in [0.15, 0.2) is 0 Å². The zero-order valence-corrected chi connectivity index (χ0v) is 11.7. The van der Waals surface area contributed by atoms with E-state index in [4.69, 9.17) is 0 Å². The maximum Gasteiger partial charge on any atom is 0.0318 e. The zero-order valence-electron chi connectivity index (χ0n) is 11.7. The lowest BCUT2D eigenvalue weighted by Gasteiger charge is -2.26. The van der Waals surface area contributed by atoms with E-state index in [0.29, 0.717) is 6.04 Å². The first-order valence-electron chi connectivity index (χ1n) is 7.37. The first-order chi connectivity index (χ1) is 8.85. The fraction of sp³-hybridized carbons (Fsp3) is 0.625. The lowest BCUT2D eigenvalue weighted by Crippen LogP contribution is -2.39. The van der Waals surface area contributed by atoms with Gasteiger partial charge >= 0.3 is 0 Å². The Morgan fingerprint density at radius 3 is 2.72 bits per heavy atom. The first kappa shape index (κ1) is 13.6. The third-order valence-corrected chi connectivity index (χ3v) is 4.12. The lowest BCUT2D eigenvalue weighted by atomic mass is 10.0. The monoisotopic (exact) mass is 246 g/mol. The Labute approximate surface area is 111 Å². The molecule has 2 nitrogen and oxygen atoms in total. The van der Waals surface area contributed by atoms with Crippen LogP contribution in [0.4, 0.5) is 0 Å². The molecular weight excluding hydrogens is 220 g/mol. The molecule has 1 aliphatic rings. The molecule has 0 spiro atoms. The molecule has 100 valence electrons. The summed E-state index contributed by atoms with van der Waals surface area (Å²) in [7, 11) is 0. The minimum atomic E-state index is 0.505. The van der Waals surface area contributed by atoms with Gasteiger partial charge in [0.2, 0.25) is 0 Å². The Morgan fingerprint density at radius 2 is 2.06 bits per heavy atom. The van der Waals surface area contributed by atoms with E-state index in [1.807, 2.05) is 0 Å². The van der Waals surface area contributed by atoms with Crippen molar-refractivity contribution >= 4 is 0 Å². The van der Waals surface area contributed by atoms with Crippen LogP contribution in [0.3, 0.4) is 0 Å². The molecule has 1 fully saturated rings. The largest absolute Gasteiger partial charge is 0.308 e. The molecule has 2 heteroatoms. The lowest BCUT2D eigenvalue weighted by molar-refractivity contribution is 0.253. The SMILES string of the molecule is CCC(NCC1CCCN1CC)c1ccccc1. The number of likely N-dealkylation sites (tertiary alicyclic amines) is 1. The highest BCUT2D eigenvalue weighted by Crippen LogP contribution is 2.19. The number of likely N-dealkylation sites (N-methyl/N-ethyl adjacent to an activating group) is 1. The summed E-state index contributed by atoms with van der Waals surface area (Å²) in [6.07, 6.45) is 3.87. The molecule has 0 saturated carbocycles. The fourth-order valence-electron chi connectivity index (χ4n) is 3.00. The molecule has 2 atom stereocenters. The van der Waals surface area contributed by atoms with Crippen LogP contribution in [0.5, 0.6) is 0 Å². The van der Waals surface area contributed by atoms with Crippen molar-refractivity contribution in [3.8, 4) is 0 Å². The topological polar surface area (TPSA) is 15.3 Å². The van der Waals surface area contributed by atoms with Crippen LogP contribution < -0.4 is 5.32 Å². The van der Waals surface area contributed by atoms with Gasteiger partial charge in [0, 0.05) is 18.6 Å². The zero-order chi connectivity index (χ0) is 12.8. The van der Waals surface area contributed by atoms with Gasteiger partial charge in [0.25, 0.3) is 0 Å². The molecule has 0 aliphatic carbocycles. The predicted molar refractivity (Wildman–Crippen MR) is 77.7 cm³/mol. The van der Waals surface area contributed by atoms with Crippen molar-refractivity contribution in [2.45, 2.75) is 45.2 Å².